The molecule has 4 heterocycles. The second-order valence-electron chi connectivity index (χ2n) is 5.50. The molecule has 4 rings (SSSR count). The molecule has 7 nitrogen and oxygen atoms in total. The maximum Gasteiger partial charge on any atom is 0.493 e. The van der Waals surface area contributed by atoms with Gasteiger partial charge in [-0.2, -0.15) is 23.0 Å². The topological polar surface area (TPSA) is 74.8 Å². The molecule has 0 saturated carbocycles. The van der Waals surface area contributed by atoms with Crippen LogP contribution in [-0.4, -0.2) is 36.6 Å². The van der Waals surface area contributed by atoms with Gasteiger partial charge in [0, 0.05) is 47.5 Å². The molecule has 4 aromatic rings. The summed E-state index contributed by atoms with van der Waals surface area (Å²) in [5.41, 5.74) is 2.31. The fourth-order valence-corrected chi connectivity index (χ4v) is 2.55. The highest BCUT2D eigenvalue weighted by atomic mass is 19.4. The van der Waals surface area contributed by atoms with Gasteiger partial charge in [0.15, 0.2) is 5.65 Å². The number of nitrogens with zero attached hydrogens (tertiary/aromatic N) is 5. The molecular weight excluding hydrogens is 363 g/mol. The first-order valence-corrected chi connectivity index (χ1v) is 7.64. The van der Waals surface area contributed by atoms with Crippen LogP contribution in [0.25, 0.3) is 27.8 Å². The summed E-state index contributed by atoms with van der Waals surface area (Å²) in [6.07, 6.45) is 4.23. The average Bonchev–Trinajstić information content (AvgIpc) is 3.29. The number of pyridine rings is 2. The quantitative estimate of drug-likeness (QED) is 0.552. The van der Waals surface area contributed by atoms with E-state index in [1.54, 1.807) is 41.6 Å². The maximum absolute atomic E-state index is 12.4. The van der Waals surface area contributed by atoms with Gasteiger partial charge in [0.05, 0.1) is 11.9 Å². The van der Waals surface area contributed by atoms with Gasteiger partial charge in [-0.1, -0.05) is 6.07 Å². The number of rotatable bonds is 3. The van der Waals surface area contributed by atoms with Gasteiger partial charge >= 0.3 is 12.1 Å². The maximum atomic E-state index is 12.4. The van der Waals surface area contributed by atoms with Crippen LogP contribution in [0.5, 0.6) is 0 Å². The van der Waals surface area contributed by atoms with E-state index in [0.29, 0.717) is 15.8 Å². The molecule has 0 saturated heterocycles. The molecule has 0 N–H and O–H groups in total. The summed E-state index contributed by atoms with van der Waals surface area (Å²) >= 11 is 0. The molecular formula is C17H10F3N5O2. The van der Waals surface area contributed by atoms with Crippen LogP contribution in [0.2, 0.25) is 0 Å². The van der Waals surface area contributed by atoms with Crippen molar-refractivity contribution in [1.29, 1.82) is 0 Å². The number of carbonyl (C=O) groups is 1. The molecule has 0 unspecified atom stereocenters. The van der Waals surface area contributed by atoms with Gasteiger partial charge in [-0.05, 0) is 18.2 Å². The Balaban J connectivity index is 1.72. The zero-order chi connectivity index (χ0) is 19.0. The van der Waals surface area contributed by atoms with Gasteiger partial charge < -0.3 is 4.84 Å². The van der Waals surface area contributed by atoms with Crippen molar-refractivity contribution < 1.29 is 22.8 Å². The van der Waals surface area contributed by atoms with Crippen LogP contribution in [0.15, 0.2) is 61.4 Å². The fourth-order valence-electron chi connectivity index (χ4n) is 2.55. The lowest BCUT2D eigenvalue weighted by atomic mass is 10.2. The minimum absolute atomic E-state index is 0.0588. The Bertz CT molecular complexity index is 1120. The van der Waals surface area contributed by atoms with Crippen molar-refractivity contribution in [3.8, 4) is 16.8 Å². The highest BCUT2D eigenvalue weighted by Crippen LogP contribution is 2.24. The fraction of sp³-hybridized carbons (Fsp3) is 0.0588. The Labute approximate surface area is 149 Å². The zero-order valence-electron chi connectivity index (χ0n) is 13.5. The molecule has 136 valence electrons. The molecule has 10 heteroatoms. The minimum Gasteiger partial charge on any atom is -0.326 e. The van der Waals surface area contributed by atoms with Crippen LogP contribution < -0.4 is 4.84 Å². The summed E-state index contributed by atoms with van der Waals surface area (Å²) in [6.45, 7) is 0. The van der Waals surface area contributed by atoms with E-state index in [-0.39, 0.29) is 5.65 Å². The molecule has 0 radical (unpaired) electrons. The zero-order valence-corrected chi connectivity index (χ0v) is 13.5. The summed E-state index contributed by atoms with van der Waals surface area (Å²) in [5, 5.41) is 4.75. The standard InChI is InChI=1S/C17H10F3N5O2/c18-17(19,20)16(26)27-25-7-4-13-14(3-6-22-15(13)25)24-10-12(9-23-24)11-2-1-5-21-8-11/h1-10H. The van der Waals surface area contributed by atoms with Gasteiger partial charge in [0.2, 0.25) is 0 Å². The molecule has 0 bridgehead atoms. The number of aromatic nitrogens is 5. The van der Waals surface area contributed by atoms with E-state index in [4.69, 9.17) is 0 Å². The largest absolute Gasteiger partial charge is 0.493 e. The van der Waals surface area contributed by atoms with E-state index in [9.17, 15) is 18.0 Å². The Morgan fingerprint density at radius 2 is 1.93 bits per heavy atom. The van der Waals surface area contributed by atoms with Gasteiger partial charge in [-0.15, -0.1) is 0 Å². The van der Waals surface area contributed by atoms with Gasteiger partial charge in [0.1, 0.15) is 0 Å². The molecule has 0 aliphatic heterocycles. The number of halogens is 3. The summed E-state index contributed by atoms with van der Waals surface area (Å²) in [6, 6.07) is 6.82. The van der Waals surface area contributed by atoms with Crippen LogP contribution in [0.4, 0.5) is 13.2 Å². The predicted octanol–water partition coefficient (Wildman–Crippen LogP) is 2.80. The summed E-state index contributed by atoms with van der Waals surface area (Å²) in [7, 11) is 0. The molecule has 27 heavy (non-hydrogen) atoms. The van der Waals surface area contributed by atoms with Gasteiger partial charge in [0.25, 0.3) is 0 Å². The third-order valence-electron chi connectivity index (χ3n) is 3.77. The Kier molecular flexibility index (Phi) is 3.87. The summed E-state index contributed by atoms with van der Waals surface area (Å²) in [4.78, 5) is 23.5. The molecule has 0 fully saturated rings. The smallest absolute Gasteiger partial charge is 0.326 e. The molecule has 0 spiro atoms. The predicted molar refractivity (Wildman–Crippen MR) is 87.7 cm³/mol. The first-order valence-electron chi connectivity index (χ1n) is 7.64. The molecule has 0 aromatic carbocycles. The van der Waals surface area contributed by atoms with Gasteiger partial charge in [-0.25, -0.2) is 14.5 Å². The van der Waals surface area contributed by atoms with E-state index < -0.39 is 12.1 Å². The molecule has 0 aliphatic carbocycles. The van der Waals surface area contributed by atoms with E-state index in [1.807, 2.05) is 6.07 Å². The summed E-state index contributed by atoms with van der Waals surface area (Å²) < 4.78 is 39.5. The van der Waals surface area contributed by atoms with Crippen LogP contribution >= 0.6 is 0 Å². The first-order chi connectivity index (χ1) is 12.9. The van der Waals surface area contributed by atoms with Crippen molar-refractivity contribution in [2.75, 3.05) is 0 Å². The second-order valence-corrected chi connectivity index (χ2v) is 5.50. The number of alkyl halides is 3. The SMILES string of the molecule is O=C(On1ccc2c(-n3cc(-c4cccnc4)cn3)ccnc21)C(F)(F)F. The van der Waals surface area contributed by atoms with Gasteiger partial charge in [-0.3, -0.25) is 4.98 Å². The van der Waals surface area contributed by atoms with Crippen molar-refractivity contribution in [2.24, 2.45) is 0 Å². The first kappa shape index (κ1) is 16.8. The minimum atomic E-state index is -5.10. The van der Waals surface area contributed by atoms with Crippen molar-refractivity contribution in [3.05, 3.63) is 61.4 Å². The molecule has 0 atom stereocenters. The van der Waals surface area contributed by atoms with E-state index >= 15 is 0 Å². The Morgan fingerprint density at radius 3 is 2.67 bits per heavy atom. The highest BCUT2D eigenvalue weighted by Gasteiger charge is 2.42. The molecule has 4 aromatic heterocycles. The van der Waals surface area contributed by atoms with Crippen LogP contribution in [0.1, 0.15) is 0 Å². The molecule has 0 amide bonds. The number of fused-ring (bicyclic) bond motifs is 1. The third-order valence-corrected chi connectivity index (χ3v) is 3.77. The van der Waals surface area contributed by atoms with Crippen LogP contribution in [0, 0.1) is 0 Å². The molecule has 0 aliphatic rings. The number of hydrogen-bond donors (Lipinski definition) is 0. The average molecular weight is 373 g/mol. The van der Waals surface area contributed by atoms with Crippen LogP contribution in [0.3, 0.4) is 0 Å². The lowest BCUT2D eigenvalue weighted by molar-refractivity contribution is -0.199. The van der Waals surface area contributed by atoms with E-state index in [1.165, 1.54) is 18.5 Å². The monoisotopic (exact) mass is 373 g/mol. The lowest BCUT2D eigenvalue weighted by Crippen LogP contribution is -2.33. The van der Waals surface area contributed by atoms with E-state index in [0.717, 1.165) is 11.1 Å². The third kappa shape index (κ3) is 3.12. The highest BCUT2D eigenvalue weighted by molar-refractivity contribution is 5.86. The van der Waals surface area contributed by atoms with Crippen LogP contribution in [-0.2, 0) is 4.79 Å². The van der Waals surface area contributed by atoms with Crippen molar-refractivity contribution in [3.63, 3.8) is 0 Å². The number of carbonyl (C=O) groups excluding carboxylic acids is 1. The van der Waals surface area contributed by atoms with Crippen molar-refractivity contribution in [2.45, 2.75) is 6.18 Å². The Hall–Kier alpha value is -3.69. The number of hydrogen-bond acceptors (Lipinski definition) is 5. The van der Waals surface area contributed by atoms with E-state index in [2.05, 4.69) is 19.9 Å². The van der Waals surface area contributed by atoms with Crippen molar-refractivity contribution >= 4 is 17.0 Å². The van der Waals surface area contributed by atoms with Crippen molar-refractivity contribution in [1.82, 2.24) is 24.5 Å². The Morgan fingerprint density at radius 1 is 1.07 bits per heavy atom. The normalized spacial score (nSPS) is 11.7. The second kappa shape index (κ2) is 6.24. The lowest BCUT2D eigenvalue weighted by Gasteiger charge is -2.08. The summed E-state index contributed by atoms with van der Waals surface area (Å²) in [5.74, 6) is -2.33.